The van der Waals surface area contributed by atoms with Gasteiger partial charge in [0.2, 0.25) is 10.0 Å². The van der Waals surface area contributed by atoms with Gasteiger partial charge in [-0.05, 0) is 62.1 Å². The molecule has 5 nitrogen and oxygen atoms in total. The lowest BCUT2D eigenvalue weighted by Gasteiger charge is -2.18. The van der Waals surface area contributed by atoms with Gasteiger partial charge in [-0.3, -0.25) is 4.79 Å². The van der Waals surface area contributed by atoms with Crippen molar-refractivity contribution in [3.63, 3.8) is 0 Å². The number of nitrogens with zero attached hydrogens (tertiary/aromatic N) is 1. The second-order valence-electron chi connectivity index (χ2n) is 6.53. The molecule has 1 aliphatic heterocycles. The number of aryl methyl sites for hydroxylation is 2. The SMILES string of the molecule is Cc1ccc(C(=O)Nc2ccc(C)c(S(=O)(=O)N3CCCC3)c2)c(Cl)c1. The largest absolute Gasteiger partial charge is 0.322 e. The molecule has 1 heterocycles. The van der Waals surface area contributed by atoms with Crippen molar-refractivity contribution in [2.75, 3.05) is 18.4 Å². The maximum Gasteiger partial charge on any atom is 0.257 e. The van der Waals surface area contributed by atoms with E-state index in [4.69, 9.17) is 11.6 Å². The second-order valence-corrected chi connectivity index (χ2v) is 8.84. The van der Waals surface area contributed by atoms with Crippen LogP contribution in [-0.2, 0) is 10.0 Å². The van der Waals surface area contributed by atoms with Crippen LogP contribution in [0.4, 0.5) is 5.69 Å². The predicted octanol–water partition coefficient (Wildman–Crippen LogP) is 3.99. The van der Waals surface area contributed by atoms with Crippen LogP contribution in [0.15, 0.2) is 41.3 Å². The Balaban J connectivity index is 1.89. The van der Waals surface area contributed by atoms with E-state index in [-0.39, 0.29) is 10.8 Å². The highest BCUT2D eigenvalue weighted by molar-refractivity contribution is 7.89. The number of anilines is 1. The van der Waals surface area contributed by atoms with E-state index in [0.717, 1.165) is 18.4 Å². The molecule has 1 saturated heterocycles. The highest BCUT2D eigenvalue weighted by Crippen LogP contribution is 2.27. The maximum absolute atomic E-state index is 12.8. The number of rotatable bonds is 4. The van der Waals surface area contributed by atoms with Crippen molar-refractivity contribution in [2.24, 2.45) is 0 Å². The van der Waals surface area contributed by atoms with Gasteiger partial charge in [-0.1, -0.05) is 23.7 Å². The van der Waals surface area contributed by atoms with Crippen molar-refractivity contribution in [1.82, 2.24) is 4.31 Å². The van der Waals surface area contributed by atoms with Crippen LogP contribution in [0.25, 0.3) is 0 Å². The number of carbonyl (C=O) groups is 1. The van der Waals surface area contributed by atoms with Gasteiger partial charge in [0.15, 0.2) is 0 Å². The van der Waals surface area contributed by atoms with E-state index < -0.39 is 10.0 Å². The van der Waals surface area contributed by atoms with E-state index in [2.05, 4.69) is 5.32 Å². The van der Waals surface area contributed by atoms with Crippen LogP contribution < -0.4 is 5.32 Å². The molecule has 0 saturated carbocycles. The molecule has 1 amide bonds. The maximum atomic E-state index is 12.8. The molecule has 7 heteroatoms. The Morgan fingerprint density at radius 2 is 1.77 bits per heavy atom. The third-order valence-corrected chi connectivity index (χ3v) is 6.85. The van der Waals surface area contributed by atoms with Crippen LogP contribution >= 0.6 is 11.6 Å². The first-order valence-electron chi connectivity index (χ1n) is 8.47. The normalized spacial score (nSPS) is 15.2. The van der Waals surface area contributed by atoms with Gasteiger partial charge in [-0.15, -0.1) is 0 Å². The number of hydrogen-bond donors (Lipinski definition) is 1. The fourth-order valence-electron chi connectivity index (χ4n) is 3.03. The number of carbonyl (C=O) groups excluding carboxylic acids is 1. The Morgan fingerprint density at radius 3 is 2.42 bits per heavy atom. The molecular formula is C19H21ClN2O3S. The molecule has 26 heavy (non-hydrogen) atoms. The first-order chi connectivity index (χ1) is 12.3. The molecule has 1 aliphatic rings. The predicted molar refractivity (Wildman–Crippen MR) is 103 cm³/mol. The van der Waals surface area contributed by atoms with Crippen LogP contribution in [-0.4, -0.2) is 31.7 Å². The molecular weight excluding hydrogens is 372 g/mol. The lowest BCUT2D eigenvalue weighted by molar-refractivity contribution is 0.102. The van der Waals surface area contributed by atoms with E-state index in [1.54, 1.807) is 37.3 Å². The molecule has 2 aromatic rings. The summed E-state index contributed by atoms with van der Waals surface area (Å²) in [6.07, 6.45) is 1.75. The Kier molecular flexibility index (Phi) is 5.37. The zero-order valence-electron chi connectivity index (χ0n) is 14.8. The van der Waals surface area contributed by atoms with E-state index in [0.29, 0.717) is 34.9 Å². The smallest absolute Gasteiger partial charge is 0.257 e. The summed E-state index contributed by atoms with van der Waals surface area (Å²) in [4.78, 5) is 12.7. The van der Waals surface area contributed by atoms with E-state index in [1.165, 1.54) is 10.4 Å². The summed E-state index contributed by atoms with van der Waals surface area (Å²) < 4.78 is 27.2. The lowest BCUT2D eigenvalue weighted by Crippen LogP contribution is -2.28. The molecule has 0 spiro atoms. The summed E-state index contributed by atoms with van der Waals surface area (Å²) in [5.41, 5.74) is 2.39. The summed E-state index contributed by atoms with van der Waals surface area (Å²) in [5.74, 6) is -0.372. The summed E-state index contributed by atoms with van der Waals surface area (Å²) in [7, 11) is -3.55. The molecule has 2 aromatic carbocycles. The van der Waals surface area contributed by atoms with Crippen LogP contribution in [0.2, 0.25) is 5.02 Å². The molecule has 0 bridgehead atoms. The molecule has 1 N–H and O–H groups in total. The molecule has 138 valence electrons. The fourth-order valence-corrected chi connectivity index (χ4v) is 5.11. The number of benzene rings is 2. The average molecular weight is 393 g/mol. The lowest BCUT2D eigenvalue weighted by atomic mass is 10.1. The summed E-state index contributed by atoms with van der Waals surface area (Å²) >= 11 is 6.14. The van der Waals surface area contributed by atoms with Gasteiger partial charge in [0.1, 0.15) is 0 Å². The third-order valence-electron chi connectivity index (χ3n) is 4.50. The summed E-state index contributed by atoms with van der Waals surface area (Å²) in [6.45, 7) is 4.73. The second kappa shape index (κ2) is 7.39. The highest BCUT2D eigenvalue weighted by atomic mass is 35.5. The van der Waals surface area contributed by atoms with Gasteiger partial charge in [0, 0.05) is 18.8 Å². The molecule has 0 atom stereocenters. The zero-order chi connectivity index (χ0) is 18.9. The Morgan fingerprint density at radius 1 is 1.08 bits per heavy atom. The third kappa shape index (κ3) is 3.77. The number of amides is 1. The van der Waals surface area contributed by atoms with Crippen LogP contribution in [0, 0.1) is 13.8 Å². The first-order valence-corrected chi connectivity index (χ1v) is 10.3. The topological polar surface area (TPSA) is 66.5 Å². The van der Waals surface area contributed by atoms with E-state index in [9.17, 15) is 13.2 Å². The first kappa shape index (κ1) is 18.9. The minimum absolute atomic E-state index is 0.229. The fraction of sp³-hybridized carbons (Fsp3) is 0.316. The molecule has 0 unspecified atom stereocenters. The Hall–Kier alpha value is -1.89. The molecule has 0 aliphatic carbocycles. The van der Waals surface area contributed by atoms with E-state index in [1.807, 2.05) is 6.92 Å². The van der Waals surface area contributed by atoms with Crippen LogP contribution in [0.3, 0.4) is 0 Å². The summed E-state index contributed by atoms with van der Waals surface area (Å²) in [6, 6.07) is 10.1. The van der Waals surface area contributed by atoms with Gasteiger partial charge in [-0.25, -0.2) is 8.42 Å². The van der Waals surface area contributed by atoms with Gasteiger partial charge < -0.3 is 5.32 Å². The molecule has 1 fully saturated rings. The van der Waals surface area contributed by atoms with Gasteiger partial charge in [0.25, 0.3) is 5.91 Å². The Labute approximate surface area is 159 Å². The number of halogens is 1. The quantitative estimate of drug-likeness (QED) is 0.855. The molecule has 0 aromatic heterocycles. The Bertz CT molecular complexity index is 951. The zero-order valence-corrected chi connectivity index (χ0v) is 16.3. The van der Waals surface area contributed by atoms with Crippen LogP contribution in [0.1, 0.15) is 34.3 Å². The minimum atomic E-state index is -3.55. The molecule has 0 radical (unpaired) electrons. The van der Waals surface area contributed by atoms with Crippen LogP contribution in [0.5, 0.6) is 0 Å². The van der Waals surface area contributed by atoms with E-state index >= 15 is 0 Å². The van der Waals surface area contributed by atoms with Crippen molar-refractivity contribution in [2.45, 2.75) is 31.6 Å². The van der Waals surface area contributed by atoms with Gasteiger partial charge >= 0.3 is 0 Å². The number of nitrogens with one attached hydrogen (secondary N) is 1. The monoisotopic (exact) mass is 392 g/mol. The minimum Gasteiger partial charge on any atom is -0.322 e. The number of sulfonamides is 1. The van der Waals surface area contributed by atoms with Crippen molar-refractivity contribution in [3.8, 4) is 0 Å². The number of hydrogen-bond acceptors (Lipinski definition) is 3. The van der Waals surface area contributed by atoms with Crippen molar-refractivity contribution in [1.29, 1.82) is 0 Å². The van der Waals surface area contributed by atoms with Gasteiger partial charge in [-0.2, -0.15) is 4.31 Å². The van der Waals surface area contributed by atoms with Gasteiger partial charge in [0.05, 0.1) is 15.5 Å². The molecule has 3 rings (SSSR count). The van der Waals surface area contributed by atoms with Crippen molar-refractivity contribution in [3.05, 3.63) is 58.1 Å². The van der Waals surface area contributed by atoms with Crippen molar-refractivity contribution >= 4 is 33.2 Å². The standard InChI is InChI=1S/C19H21ClN2O3S/c1-13-5-8-16(17(20)11-13)19(23)21-15-7-6-14(2)18(12-15)26(24,25)22-9-3-4-10-22/h5-8,11-12H,3-4,9-10H2,1-2H3,(H,21,23). The highest BCUT2D eigenvalue weighted by Gasteiger charge is 2.28. The summed E-state index contributed by atoms with van der Waals surface area (Å²) in [5, 5.41) is 3.10. The van der Waals surface area contributed by atoms with Crippen molar-refractivity contribution < 1.29 is 13.2 Å². The average Bonchev–Trinajstić information content (AvgIpc) is 3.11.